The van der Waals surface area contributed by atoms with E-state index in [9.17, 15) is 4.79 Å². The second-order valence-corrected chi connectivity index (χ2v) is 6.10. The van der Waals surface area contributed by atoms with Gasteiger partial charge in [0, 0.05) is 14.9 Å². The van der Waals surface area contributed by atoms with Crippen LogP contribution in [0.15, 0.2) is 34.1 Å². The van der Waals surface area contributed by atoms with Crippen LogP contribution in [0.5, 0.6) is 0 Å². The fourth-order valence-corrected chi connectivity index (χ4v) is 2.83. The number of hydrogen-bond donors (Lipinski definition) is 1. The molecular weight excluding hydrogens is 334 g/mol. The Morgan fingerprint density at radius 2 is 2.22 bits per heavy atom. The third-order valence-electron chi connectivity index (χ3n) is 2.56. The summed E-state index contributed by atoms with van der Waals surface area (Å²) in [6.07, 6.45) is 0. The second-order valence-electron chi connectivity index (χ2n) is 3.84. The molecule has 5 heteroatoms. The molecule has 0 aliphatic rings. The van der Waals surface area contributed by atoms with Gasteiger partial charge in [0.15, 0.2) is 0 Å². The average molecular weight is 345 g/mol. The number of amides is 1. The first kappa shape index (κ1) is 13.6. The van der Waals surface area contributed by atoms with Crippen molar-refractivity contribution in [2.75, 3.05) is 0 Å². The first-order chi connectivity index (χ1) is 8.58. The molecule has 1 N–H and O–H groups in total. The molecule has 18 heavy (non-hydrogen) atoms. The summed E-state index contributed by atoms with van der Waals surface area (Å²) >= 11 is 10.8. The summed E-state index contributed by atoms with van der Waals surface area (Å²) in [5, 5.41) is 5.52. The minimum atomic E-state index is -0.0971. The molecule has 0 saturated carbocycles. The Hall–Kier alpha value is -0.840. The van der Waals surface area contributed by atoms with Crippen molar-refractivity contribution in [1.82, 2.24) is 5.32 Å². The molecule has 2 nitrogen and oxygen atoms in total. The quantitative estimate of drug-likeness (QED) is 0.878. The molecule has 1 amide bonds. The van der Waals surface area contributed by atoms with E-state index in [4.69, 9.17) is 11.6 Å². The topological polar surface area (TPSA) is 29.1 Å². The van der Waals surface area contributed by atoms with Crippen LogP contribution in [-0.4, -0.2) is 5.91 Å². The predicted molar refractivity (Wildman–Crippen MR) is 79.4 cm³/mol. The summed E-state index contributed by atoms with van der Waals surface area (Å²) < 4.78 is 0.726. The number of thiophene rings is 1. The molecule has 94 valence electrons. The maximum Gasteiger partial charge on any atom is 0.251 e. The molecule has 1 aromatic carbocycles. The van der Waals surface area contributed by atoms with E-state index in [1.807, 2.05) is 18.4 Å². The van der Waals surface area contributed by atoms with Gasteiger partial charge in [-0.15, -0.1) is 11.3 Å². The van der Waals surface area contributed by atoms with Crippen molar-refractivity contribution < 1.29 is 4.79 Å². The highest BCUT2D eigenvalue weighted by Crippen LogP contribution is 2.23. The van der Waals surface area contributed by atoms with Crippen LogP contribution >= 0.6 is 38.9 Å². The van der Waals surface area contributed by atoms with Gasteiger partial charge in [0.2, 0.25) is 0 Å². The molecule has 0 radical (unpaired) electrons. The molecule has 0 spiro atoms. The fourth-order valence-electron chi connectivity index (χ4n) is 1.49. The van der Waals surface area contributed by atoms with Crippen LogP contribution in [-0.2, 0) is 6.54 Å². The predicted octanol–water partition coefficient (Wildman–Crippen LogP) is 4.40. The lowest BCUT2D eigenvalue weighted by atomic mass is 10.2. The van der Waals surface area contributed by atoms with E-state index < -0.39 is 0 Å². The number of halogens is 2. The van der Waals surface area contributed by atoms with Crippen molar-refractivity contribution in [2.45, 2.75) is 13.5 Å². The molecule has 0 aliphatic heterocycles. The van der Waals surface area contributed by atoms with Crippen molar-refractivity contribution in [3.05, 3.63) is 55.1 Å². The number of aryl methyl sites for hydroxylation is 1. The number of hydrogen-bond acceptors (Lipinski definition) is 2. The zero-order chi connectivity index (χ0) is 13.1. The van der Waals surface area contributed by atoms with Gasteiger partial charge in [-0.3, -0.25) is 4.79 Å². The Balaban J connectivity index is 2.04. The van der Waals surface area contributed by atoms with Gasteiger partial charge in [-0.25, -0.2) is 0 Å². The van der Waals surface area contributed by atoms with Crippen LogP contribution in [0.3, 0.4) is 0 Å². The molecule has 2 rings (SSSR count). The monoisotopic (exact) mass is 343 g/mol. The Bertz CT molecular complexity index is 582. The molecule has 0 saturated heterocycles. The summed E-state index contributed by atoms with van der Waals surface area (Å²) in [7, 11) is 0. The lowest BCUT2D eigenvalue weighted by molar-refractivity contribution is 0.0951. The van der Waals surface area contributed by atoms with E-state index in [-0.39, 0.29) is 5.91 Å². The van der Waals surface area contributed by atoms with Crippen molar-refractivity contribution in [3.8, 4) is 0 Å². The number of carbonyl (C=O) groups excluding carboxylic acids is 1. The molecule has 0 fully saturated rings. The fraction of sp³-hybridized carbons (Fsp3) is 0.154. The largest absolute Gasteiger partial charge is 0.347 e. The average Bonchev–Trinajstić information content (AvgIpc) is 2.75. The minimum Gasteiger partial charge on any atom is -0.347 e. The molecular formula is C13H11BrClNOS. The van der Waals surface area contributed by atoms with Gasteiger partial charge >= 0.3 is 0 Å². The van der Waals surface area contributed by atoms with E-state index in [1.165, 1.54) is 10.4 Å². The minimum absolute atomic E-state index is 0.0971. The Labute approximate surface area is 123 Å². The van der Waals surface area contributed by atoms with Gasteiger partial charge in [0.1, 0.15) is 0 Å². The molecule has 2 aromatic rings. The van der Waals surface area contributed by atoms with Crippen LogP contribution in [0, 0.1) is 6.92 Å². The van der Waals surface area contributed by atoms with Crippen molar-refractivity contribution >= 4 is 44.8 Å². The summed E-state index contributed by atoms with van der Waals surface area (Å²) in [6, 6.07) is 7.19. The molecule has 0 bridgehead atoms. The summed E-state index contributed by atoms with van der Waals surface area (Å²) in [4.78, 5) is 13.1. The van der Waals surface area contributed by atoms with Crippen LogP contribution in [0.4, 0.5) is 0 Å². The van der Waals surface area contributed by atoms with Gasteiger partial charge < -0.3 is 5.32 Å². The maximum absolute atomic E-state index is 11.9. The van der Waals surface area contributed by atoms with Crippen LogP contribution < -0.4 is 5.32 Å². The first-order valence-corrected chi connectivity index (χ1v) is 7.39. The number of rotatable bonds is 3. The standard InChI is InChI=1S/C13H11BrClNOS/c1-8-4-5-18-12(8)7-16-13(17)9-2-3-11(15)10(14)6-9/h2-6H,7H2,1H3,(H,16,17). The Morgan fingerprint density at radius 3 is 2.83 bits per heavy atom. The molecule has 0 aliphatic carbocycles. The normalized spacial score (nSPS) is 10.4. The molecule has 0 unspecified atom stereocenters. The zero-order valence-corrected chi connectivity index (χ0v) is 12.8. The number of nitrogens with one attached hydrogen (secondary N) is 1. The Morgan fingerprint density at radius 1 is 1.44 bits per heavy atom. The number of benzene rings is 1. The Kier molecular flexibility index (Phi) is 4.43. The lowest BCUT2D eigenvalue weighted by Gasteiger charge is -2.05. The van der Waals surface area contributed by atoms with Gasteiger partial charge in [-0.2, -0.15) is 0 Å². The van der Waals surface area contributed by atoms with E-state index in [0.29, 0.717) is 17.1 Å². The highest BCUT2D eigenvalue weighted by atomic mass is 79.9. The summed E-state index contributed by atoms with van der Waals surface area (Å²) in [6.45, 7) is 2.60. The van der Waals surface area contributed by atoms with Gasteiger partial charge in [0.05, 0.1) is 11.6 Å². The van der Waals surface area contributed by atoms with E-state index >= 15 is 0 Å². The van der Waals surface area contributed by atoms with E-state index in [2.05, 4.69) is 21.2 Å². The van der Waals surface area contributed by atoms with Gasteiger partial charge in [-0.05, 0) is 58.1 Å². The van der Waals surface area contributed by atoms with Crippen molar-refractivity contribution in [1.29, 1.82) is 0 Å². The highest BCUT2D eigenvalue weighted by molar-refractivity contribution is 9.10. The maximum atomic E-state index is 11.9. The molecule has 1 heterocycles. The van der Waals surface area contributed by atoms with Gasteiger partial charge in [0.25, 0.3) is 5.91 Å². The van der Waals surface area contributed by atoms with Crippen LogP contribution in [0.25, 0.3) is 0 Å². The smallest absolute Gasteiger partial charge is 0.251 e. The molecule has 0 atom stereocenters. The first-order valence-electron chi connectivity index (χ1n) is 5.34. The molecule has 1 aromatic heterocycles. The zero-order valence-electron chi connectivity index (χ0n) is 9.67. The van der Waals surface area contributed by atoms with Crippen LogP contribution in [0.2, 0.25) is 5.02 Å². The van der Waals surface area contributed by atoms with Crippen molar-refractivity contribution in [3.63, 3.8) is 0 Å². The second kappa shape index (κ2) is 5.87. The summed E-state index contributed by atoms with van der Waals surface area (Å²) in [5.41, 5.74) is 1.80. The van der Waals surface area contributed by atoms with Gasteiger partial charge in [-0.1, -0.05) is 11.6 Å². The summed E-state index contributed by atoms with van der Waals surface area (Å²) in [5.74, 6) is -0.0971. The lowest BCUT2D eigenvalue weighted by Crippen LogP contribution is -2.22. The van der Waals surface area contributed by atoms with Crippen LogP contribution in [0.1, 0.15) is 20.8 Å². The highest BCUT2D eigenvalue weighted by Gasteiger charge is 2.08. The number of carbonyl (C=O) groups is 1. The van der Waals surface area contributed by atoms with E-state index in [0.717, 1.165) is 4.47 Å². The van der Waals surface area contributed by atoms with Crippen molar-refractivity contribution in [2.24, 2.45) is 0 Å². The third kappa shape index (κ3) is 3.13. The third-order valence-corrected chi connectivity index (χ3v) is 4.80. The SMILES string of the molecule is Cc1ccsc1CNC(=O)c1ccc(Cl)c(Br)c1. The van der Waals surface area contributed by atoms with E-state index in [1.54, 1.807) is 29.5 Å².